The summed E-state index contributed by atoms with van der Waals surface area (Å²) < 4.78 is 80.0. The molecule has 0 radical (unpaired) electrons. The number of rotatable bonds is 40. The number of nitrogens with zero attached hydrogens (tertiary/aromatic N) is 1. The topological polar surface area (TPSA) is 539 Å². The van der Waals surface area contributed by atoms with Crippen molar-refractivity contribution < 1.29 is 88.9 Å². The molecule has 38 heteroatoms. The fraction of sp³-hybridized carbons (Fsp3) is 0.552. The molecular formula is C87H127N17O19S2. The van der Waals surface area contributed by atoms with Crippen molar-refractivity contribution >= 4 is 108 Å². The van der Waals surface area contributed by atoms with Crippen LogP contribution in [0.25, 0.3) is 10.9 Å². The number of carbonyl (C=O) groups excluding carboxylic acids is 10. The molecule has 7 rings (SSSR count). The summed E-state index contributed by atoms with van der Waals surface area (Å²) in [5.41, 5.74) is 10.2. The number of carboxylic acids is 1. The lowest BCUT2D eigenvalue weighted by Gasteiger charge is -2.29. The zero-order valence-corrected chi connectivity index (χ0v) is 76.8. The molecule has 0 spiro atoms. The second-order valence-electron chi connectivity index (χ2n) is 35.3. The van der Waals surface area contributed by atoms with E-state index in [9.17, 15) is 65.1 Å². The number of fused-ring (bicyclic) bond motifs is 3. The van der Waals surface area contributed by atoms with Crippen LogP contribution in [-0.2, 0) is 98.4 Å². The monoisotopic (exact) mass is 1780 g/mol. The van der Waals surface area contributed by atoms with Crippen LogP contribution in [0.5, 0.6) is 11.5 Å². The van der Waals surface area contributed by atoms with Crippen LogP contribution in [0.2, 0.25) is 0 Å². The Balaban J connectivity index is 1.11. The third kappa shape index (κ3) is 27.3. The smallest absolute Gasteiger partial charge is 0.419 e. The van der Waals surface area contributed by atoms with Crippen LogP contribution >= 0.6 is 0 Å². The number of nitrogens with two attached hydrogens (primary N) is 1. The summed E-state index contributed by atoms with van der Waals surface area (Å²) in [6.07, 6.45) is 1.12. The largest absolute Gasteiger partial charge is 0.487 e. The summed E-state index contributed by atoms with van der Waals surface area (Å²) in [4.78, 5) is 155. The van der Waals surface area contributed by atoms with Crippen molar-refractivity contribution in [3.63, 3.8) is 0 Å². The fourth-order valence-corrected chi connectivity index (χ4v) is 18.1. The second-order valence-corrected chi connectivity index (χ2v) is 38.6. The van der Waals surface area contributed by atoms with Gasteiger partial charge in [0.15, 0.2) is 0 Å². The van der Waals surface area contributed by atoms with Crippen LogP contribution < -0.4 is 83.1 Å². The number of amides is 9. The Bertz CT molecular complexity index is 5140. The van der Waals surface area contributed by atoms with E-state index >= 15 is 9.59 Å². The van der Waals surface area contributed by atoms with Crippen molar-refractivity contribution in [3.05, 3.63) is 116 Å². The molecule has 1 aromatic heterocycles. The number of carboxylic acid groups (broad SMARTS) is 1. The van der Waals surface area contributed by atoms with E-state index in [1.807, 2.05) is 52.8 Å². The summed E-state index contributed by atoms with van der Waals surface area (Å²) in [7, 11) is -8.77. The predicted octanol–water partition coefficient (Wildman–Crippen LogP) is 4.86. The number of ether oxygens (including phenoxy) is 3. The number of aromatic nitrogens is 1. The van der Waals surface area contributed by atoms with Crippen LogP contribution in [0.1, 0.15) is 191 Å². The lowest BCUT2D eigenvalue weighted by molar-refractivity contribution is -0.138. The van der Waals surface area contributed by atoms with Crippen LogP contribution in [0.4, 0.5) is 4.79 Å². The van der Waals surface area contributed by atoms with Gasteiger partial charge in [0.05, 0.1) is 27.9 Å². The van der Waals surface area contributed by atoms with Gasteiger partial charge in [0.1, 0.15) is 77.1 Å². The average Bonchev–Trinajstić information content (AvgIpc) is 1.62. The van der Waals surface area contributed by atoms with Gasteiger partial charge in [-0.1, -0.05) is 96.5 Å². The Hall–Kier alpha value is -11.4. The number of guanidine groups is 2. The van der Waals surface area contributed by atoms with Crippen LogP contribution in [-0.4, -0.2) is 195 Å². The zero-order valence-electron chi connectivity index (χ0n) is 75.2. The molecule has 3 heterocycles. The Kier molecular flexibility index (Phi) is 34.2. The molecule has 0 aliphatic carbocycles. The van der Waals surface area contributed by atoms with Crippen molar-refractivity contribution in [2.45, 2.75) is 278 Å². The molecule has 5 aromatic rings. The van der Waals surface area contributed by atoms with E-state index in [1.165, 1.54) is 17.7 Å². The minimum atomic E-state index is -4.42. The number of nitrogens with one attached hydrogen (secondary N) is 15. The first-order valence-corrected chi connectivity index (χ1v) is 45.0. The molecule has 0 fully saturated rings. The highest BCUT2D eigenvalue weighted by molar-refractivity contribution is 7.90. The van der Waals surface area contributed by atoms with Crippen molar-refractivity contribution in [2.75, 3.05) is 26.2 Å². The molecular weight excluding hydrogens is 1650 g/mol. The van der Waals surface area contributed by atoms with E-state index < -0.39 is 187 Å². The van der Waals surface area contributed by atoms with Crippen LogP contribution in [0, 0.1) is 70.1 Å². The highest BCUT2D eigenvalue weighted by Crippen LogP contribution is 2.45. The van der Waals surface area contributed by atoms with E-state index in [4.69, 9.17) is 30.8 Å². The summed E-state index contributed by atoms with van der Waals surface area (Å²) in [6, 6.07) is 4.60. The lowest BCUT2D eigenvalue weighted by Crippen LogP contribution is -2.61. The Morgan fingerprint density at radius 3 is 1.50 bits per heavy atom. The molecule has 686 valence electrons. The molecule has 9 atom stereocenters. The maximum Gasteiger partial charge on any atom is 0.419 e. The van der Waals surface area contributed by atoms with Gasteiger partial charge in [0, 0.05) is 55.1 Å². The molecule has 0 saturated heterocycles. The molecule has 2 aliphatic heterocycles. The Morgan fingerprint density at radius 2 is 1.01 bits per heavy atom. The average molecular weight is 1780 g/mol. The van der Waals surface area contributed by atoms with E-state index in [-0.39, 0.29) is 73.7 Å². The maximum absolute atomic E-state index is 15.3. The molecule has 36 nitrogen and oxygen atoms in total. The first kappa shape index (κ1) is 101. The van der Waals surface area contributed by atoms with Gasteiger partial charge in [-0.25, -0.2) is 31.1 Å². The molecule has 4 aromatic carbocycles. The van der Waals surface area contributed by atoms with Crippen molar-refractivity contribution in [2.24, 2.45) is 23.5 Å². The molecule has 2 aliphatic rings. The molecule has 0 saturated carbocycles. The quantitative estimate of drug-likeness (QED) is 0.0141. The molecule has 18 N–H and O–H groups in total. The van der Waals surface area contributed by atoms with Crippen LogP contribution in [0.3, 0.4) is 0 Å². The molecule has 125 heavy (non-hydrogen) atoms. The first-order valence-electron chi connectivity index (χ1n) is 42.0. The first-order chi connectivity index (χ1) is 58.2. The highest BCUT2D eigenvalue weighted by Gasteiger charge is 2.41. The van der Waals surface area contributed by atoms with Crippen molar-refractivity contribution in [1.29, 1.82) is 10.8 Å². The summed E-state index contributed by atoms with van der Waals surface area (Å²) in [5, 5.41) is 56.1. The number of sulfonamides is 2. The van der Waals surface area contributed by atoms with Gasteiger partial charge >= 0.3 is 12.1 Å². The highest BCUT2D eigenvalue weighted by atomic mass is 32.2. The predicted molar refractivity (Wildman–Crippen MR) is 471 cm³/mol. The summed E-state index contributed by atoms with van der Waals surface area (Å²) >= 11 is 0. The van der Waals surface area contributed by atoms with E-state index in [1.54, 1.807) is 133 Å². The third-order valence-electron chi connectivity index (χ3n) is 21.9. The zero-order chi connectivity index (χ0) is 93.5. The van der Waals surface area contributed by atoms with E-state index in [2.05, 4.69) is 67.9 Å². The number of hydrogen-bond acceptors (Lipinski definition) is 21. The minimum absolute atomic E-state index is 0.0167. The number of para-hydroxylation sites is 1. The SMILES string of the molecule is CC[C@H](C)[C@H](NC(=O)[C@@H](N)Cc1ccccc1)C(=O)N[C@@H](C)C(=O)N[C@@H](Cc1cn(C(=O)OC(C)(C)C)c2ccccc12)C(=O)N[C@@H](CC(C)C)C(=O)N[C@H](C(=O)N[C@@H](CCCNC(=N)NS(=O)(=O)c1c(C)c(C)c2c(c1C)CC(C)(C)O2)C(=O)NCC(=O)N[C@@H](CCCNC(=N)NS(=O)(=O)c1c(C)c(C)c2c(c1C)CC(C)(C)O2)C(=O)NCC(=O)O)C(C)C. The number of hydrogen-bond donors (Lipinski definition) is 17. The van der Waals surface area contributed by atoms with Crippen molar-refractivity contribution in [3.8, 4) is 11.5 Å². The molecule has 0 unspecified atom stereocenters. The van der Waals surface area contributed by atoms with Gasteiger partial charge in [0.25, 0.3) is 20.0 Å². The van der Waals surface area contributed by atoms with Gasteiger partial charge in [-0.15, -0.1) is 0 Å². The summed E-state index contributed by atoms with van der Waals surface area (Å²) in [5.74, 6) is -11.0. The fourth-order valence-electron chi connectivity index (χ4n) is 15.1. The number of aliphatic carboxylic acids is 1. The van der Waals surface area contributed by atoms with E-state index in [0.717, 1.165) is 11.1 Å². The van der Waals surface area contributed by atoms with Gasteiger partial charge in [-0.05, 0) is 204 Å². The Labute approximate surface area is 731 Å². The van der Waals surface area contributed by atoms with Gasteiger partial charge < -0.3 is 83.5 Å². The van der Waals surface area contributed by atoms with Gasteiger partial charge in [0.2, 0.25) is 65.1 Å². The number of benzene rings is 4. The van der Waals surface area contributed by atoms with Gasteiger partial charge in [-0.3, -0.25) is 63.3 Å². The standard InChI is InChI=1S/C87H127N17O19S2/c1-21-47(6)69(101-75(109)60(88)38-55-29-23-22-24-30-55)81(115)95-54(13)74(108)98-64(39-56-44-104(84(116)123-85(14,15)16)65-34-26-25-31-57(56)65)78(112)99-63(37-45(2)3)79(113)100-68(46(4)5)80(114)97-62(33-28-36-92-83(90)103-125(119,120)73-51(10)49(8)71-59(53(73)12)41-87(19,20)122-71)77(111)93-42-66(105)96-61(76(110)94-43-67(106)107)32-27-35-91-82(89)102-124(117,118)72-50(9)48(7)70-58(52(72)11)40-86(17,18)121-70/h22-26,29-31,34,44-47,54,60-64,68-69H,21,27-28,32-33,35-43,88H2,1-20H3,(H,93,111)(H,94,110)(H,95,115)(H,96,105)(H,97,114)(H,98,108)(H,99,112)(H,100,113)(H,101,109)(H,106,107)(H3,89,91,102)(H3,90,92,103)/t47-,54-,60-,61-,62-,63-,64-,68-,69-/m0/s1. The Morgan fingerprint density at radius 1 is 0.544 bits per heavy atom. The maximum atomic E-state index is 15.3. The number of carbonyl (C=O) groups is 11. The molecule has 9 amide bonds. The minimum Gasteiger partial charge on any atom is -0.487 e. The van der Waals surface area contributed by atoms with Crippen LogP contribution in [0.15, 0.2) is 70.6 Å². The van der Waals surface area contributed by atoms with E-state index in [0.29, 0.717) is 86.2 Å². The molecule has 0 bridgehead atoms. The summed E-state index contributed by atoms with van der Waals surface area (Å²) in [6.45, 7) is 32.2. The third-order valence-corrected chi connectivity index (χ3v) is 25.1. The normalized spacial score (nSPS) is 15.4. The van der Waals surface area contributed by atoms with Gasteiger partial charge in [-0.2, -0.15) is 0 Å². The second kappa shape index (κ2) is 42.5. The van der Waals surface area contributed by atoms with Crippen molar-refractivity contribution in [1.82, 2.24) is 72.5 Å². The lowest BCUT2D eigenvalue weighted by atomic mass is 9.94.